The highest BCUT2D eigenvalue weighted by Gasteiger charge is 2.28. The Morgan fingerprint density at radius 3 is 2.67 bits per heavy atom. The normalized spacial score (nSPS) is 11.2. The molecule has 0 saturated heterocycles. The lowest BCUT2D eigenvalue weighted by Crippen LogP contribution is -2.40. The number of carbonyl (C=O) groups excluding carboxylic acids is 1. The molecule has 8 heteroatoms. The van der Waals surface area contributed by atoms with Crippen molar-refractivity contribution in [1.82, 2.24) is 5.32 Å². The van der Waals surface area contributed by atoms with Crippen molar-refractivity contribution in [2.24, 2.45) is 0 Å². The molecule has 0 aliphatic carbocycles. The Kier molecular flexibility index (Phi) is 5.13. The molecule has 2 amide bonds. The van der Waals surface area contributed by atoms with Gasteiger partial charge in [0.2, 0.25) is 0 Å². The number of rotatable bonds is 4. The molecule has 1 aromatic carbocycles. The Morgan fingerprint density at radius 1 is 1.39 bits per heavy atom. The van der Waals surface area contributed by atoms with Crippen molar-refractivity contribution < 1.29 is 18.7 Å². The second-order valence-corrected chi connectivity index (χ2v) is 4.29. The second-order valence-electron chi connectivity index (χ2n) is 3.45. The first kappa shape index (κ1) is 14.9. The zero-order chi connectivity index (χ0) is 13.8. The van der Waals surface area contributed by atoms with Crippen molar-refractivity contribution in [2.45, 2.75) is 5.92 Å². The van der Waals surface area contributed by atoms with Gasteiger partial charge in [-0.2, -0.15) is 0 Å². The number of aliphatic hydroxyl groups is 1. The number of anilines is 1. The van der Waals surface area contributed by atoms with Gasteiger partial charge < -0.3 is 15.7 Å². The Bertz CT molecular complexity index is 444. The zero-order valence-corrected chi connectivity index (χ0v) is 10.5. The van der Waals surface area contributed by atoms with Gasteiger partial charge in [0.15, 0.2) is 0 Å². The van der Waals surface area contributed by atoms with Gasteiger partial charge in [0.1, 0.15) is 6.61 Å². The van der Waals surface area contributed by atoms with E-state index in [2.05, 4.69) is 5.32 Å². The molecule has 0 radical (unpaired) electrons. The Labute approximate surface area is 112 Å². The van der Waals surface area contributed by atoms with E-state index in [9.17, 15) is 13.6 Å². The van der Waals surface area contributed by atoms with Crippen LogP contribution in [0.15, 0.2) is 18.2 Å². The van der Waals surface area contributed by atoms with Gasteiger partial charge in [0.25, 0.3) is 5.92 Å². The summed E-state index contributed by atoms with van der Waals surface area (Å²) in [5.41, 5.74) is 0.203. The minimum atomic E-state index is -3.37. The molecule has 100 valence electrons. The number of halogens is 4. The number of amides is 2. The van der Waals surface area contributed by atoms with E-state index in [1.165, 1.54) is 18.2 Å². The van der Waals surface area contributed by atoms with Crippen molar-refractivity contribution in [3.8, 4) is 0 Å². The van der Waals surface area contributed by atoms with Crippen LogP contribution < -0.4 is 10.6 Å². The van der Waals surface area contributed by atoms with Gasteiger partial charge in [0, 0.05) is 5.02 Å². The quantitative estimate of drug-likeness (QED) is 0.800. The molecule has 1 rings (SSSR count). The van der Waals surface area contributed by atoms with Gasteiger partial charge >= 0.3 is 6.03 Å². The summed E-state index contributed by atoms with van der Waals surface area (Å²) in [6, 6.07) is 3.50. The molecule has 0 aromatic heterocycles. The summed E-state index contributed by atoms with van der Waals surface area (Å²) in [6.45, 7) is -2.32. The van der Waals surface area contributed by atoms with Crippen LogP contribution in [-0.2, 0) is 0 Å². The smallest absolute Gasteiger partial charge is 0.319 e. The fourth-order valence-electron chi connectivity index (χ4n) is 1.03. The van der Waals surface area contributed by atoms with E-state index >= 15 is 0 Å². The third-order valence-electron chi connectivity index (χ3n) is 1.92. The molecule has 0 saturated carbocycles. The van der Waals surface area contributed by atoms with Crippen molar-refractivity contribution in [3.05, 3.63) is 28.2 Å². The van der Waals surface area contributed by atoms with E-state index < -0.39 is 25.1 Å². The van der Waals surface area contributed by atoms with Crippen molar-refractivity contribution in [2.75, 3.05) is 18.5 Å². The first-order valence-electron chi connectivity index (χ1n) is 4.82. The fourth-order valence-corrected chi connectivity index (χ4v) is 1.36. The topological polar surface area (TPSA) is 61.4 Å². The molecule has 0 atom stereocenters. The van der Waals surface area contributed by atoms with Crippen LogP contribution in [0.1, 0.15) is 0 Å². The van der Waals surface area contributed by atoms with Gasteiger partial charge in [-0.25, -0.2) is 13.6 Å². The second kappa shape index (κ2) is 6.17. The standard InChI is InChI=1S/C10H10Cl2F2N2O2/c11-6-1-2-7(12)8(3-6)16-9(18)15-4-10(13,14)5-17/h1-3,17H,4-5H2,(H2,15,16,18). The van der Waals surface area contributed by atoms with Crippen LogP contribution in [0, 0.1) is 0 Å². The van der Waals surface area contributed by atoms with Crippen LogP contribution in [0.2, 0.25) is 10.0 Å². The molecule has 0 unspecified atom stereocenters. The number of benzene rings is 1. The van der Waals surface area contributed by atoms with E-state index in [0.29, 0.717) is 5.02 Å². The van der Waals surface area contributed by atoms with Crippen LogP contribution in [0.4, 0.5) is 19.3 Å². The van der Waals surface area contributed by atoms with Crippen molar-refractivity contribution in [3.63, 3.8) is 0 Å². The summed E-state index contributed by atoms with van der Waals surface area (Å²) < 4.78 is 25.3. The van der Waals surface area contributed by atoms with E-state index in [1.54, 1.807) is 0 Å². The molecule has 18 heavy (non-hydrogen) atoms. The number of hydrogen-bond donors (Lipinski definition) is 3. The molecular weight excluding hydrogens is 289 g/mol. The number of urea groups is 1. The molecular formula is C10H10Cl2F2N2O2. The van der Waals surface area contributed by atoms with E-state index in [4.69, 9.17) is 28.3 Å². The first-order chi connectivity index (χ1) is 8.34. The lowest BCUT2D eigenvalue weighted by Gasteiger charge is -2.14. The maximum absolute atomic E-state index is 12.7. The molecule has 0 aliphatic rings. The van der Waals surface area contributed by atoms with Gasteiger partial charge in [-0.3, -0.25) is 0 Å². The Morgan fingerprint density at radius 2 is 2.06 bits per heavy atom. The molecule has 4 nitrogen and oxygen atoms in total. The summed E-state index contributed by atoms with van der Waals surface area (Å²) in [5.74, 6) is -3.37. The Balaban J connectivity index is 2.57. The summed E-state index contributed by atoms with van der Waals surface area (Å²) in [6.07, 6.45) is 0. The van der Waals surface area contributed by atoms with Crippen LogP contribution >= 0.6 is 23.2 Å². The third-order valence-corrected chi connectivity index (χ3v) is 2.48. The molecule has 0 heterocycles. The van der Waals surface area contributed by atoms with Crippen LogP contribution in [0.3, 0.4) is 0 Å². The highest BCUT2D eigenvalue weighted by molar-refractivity contribution is 6.35. The summed E-state index contributed by atoms with van der Waals surface area (Å²) >= 11 is 11.5. The summed E-state index contributed by atoms with van der Waals surface area (Å²) in [4.78, 5) is 11.3. The summed E-state index contributed by atoms with van der Waals surface area (Å²) in [7, 11) is 0. The fraction of sp³-hybridized carbons (Fsp3) is 0.300. The molecule has 3 N–H and O–H groups in total. The SMILES string of the molecule is O=C(NCC(F)(F)CO)Nc1cc(Cl)ccc1Cl. The lowest BCUT2D eigenvalue weighted by molar-refractivity contribution is -0.0451. The van der Waals surface area contributed by atoms with E-state index in [-0.39, 0.29) is 10.7 Å². The van der Waals surface area contributed by atoms with Crippen molar-refractivity contribution in [1.29, 1.82) is 0 Å². The van der Waals surface area contributed by atoms with Crippen LogP contribution in [0.5, 0.6) is 0 Å². The molecule has 0 fully saturated rings. The predicted molar refractivity (Wildman–Crippen MR) is 65.5 cm³/mol. The molecule has 0 bridgehead atoms. The lowest BCUT2D eigenvalue weighted by atomic mass is 10.3. The average molecular weight is 299 g/mol. The monoisotopic (exact) mass is 298 g/mol. The number of nitrogens with one attached hydrogen (secondary N) is 2. The predicted octanol–water partition coefficient (Wildman–Crippen LogP) is 2.74. The Hall–Kier alpha value is -1.11. The third kappa shape index (κ3) is 4.64. The molecule has 1 aromatic rings. The number of carbonyl (C=O) groups is 1. The minimum Gasteiger partial charge on any atom is -0.390 e. The van der Waals surface area contributed by atoms with Crippen molar-refractivity contribution >= 4 is 34.9 Å². The van der Waals surface area contributed by atoms with Gasteiger partial charge in [0.05, 0.1) is 17.3 Å². The number of aliphatic hydroxyl groups excluding tert-OH is 1. The largest absolute Gasteiger partial charge is 0.390 e. The van der Waals surface area contributed by atoms with Gasteiger partial charge in [-0.1, -0.05) is 23.2 Å². The van der Waals surface area contributed by atoms with Crippen LogP contribution in [0.25, 0.3) is 0 Å². The average Bonchev–Trinajstić information content (AvgIpc) is 2.31. The van der Waals surface area contributed by atoms with Gasteiger partial charge in [-0.05, 0) is 18.2 Å². The van der Waals surface area contributed by atoms with Crippen LogP contribution in [-0.4, -0.2) is 30.2 Å². The maximum atomic E-state index is 12.7. The first-order valence-corrected chi connectivity index (χ1v) is 5.58. The maximum Gasteiger partial charge on any atom is 0.319 e. The minimum absolute atomic E-state index is 0.203. The highest BCUT2D eigenvalue weighted by atomic mass is 35.5. The number of hydrogen-bond acceptors (Lipinski definition) is 2. The van der Waals surface area contributed by atoms with Gasteiger partial charge in [-0.15, -0.1) is 0 Å². The zero-order valence-electron chi connectivity index (χ0n) is 9.01. The molecule has 0 spiro atoms. The summed E-state index contributed by atoms with van der Waals surface area (Å²) in [5, 5.41) is 13.1. The molecule has 0 aliphatic heterocycles. The van der Waals surface area contributed by atoms with E-state index in [1.807, 2.05) is 5.32 Å². The highest BCUT2D eigenvalue weighted by Crippen LogP contribution is 2.25. The van der Waals surface area contributed by atoms with E-state index in [0.717, 1.165) is 0 Å². The number of alkyl halides is 2.